The molecule has 0 radical (unpaired) electrons. The number of hydrogen-bond donors (Lipinski definition) is 1. The lowest BCUT2D eigenvalue weighted by atomic mass is 9.97. The number of benzene rings is 2. The standard InChI is InChI=1S/C18H20N2S/c1-13-20-17(12-21-13)11-16(19-2)10-15-8-5-7-14-6-3-4-9-18(14)15/h3-9,12,16,19H,10-11H2,1-2H3. The summed E-state index contributed by atoms with van der Waals surface area (Å²) in [6.07, 6.45) is 2.00. The highest BCUT2D eigenvalue weighted by Gasteiger charge is 2.12. The van der Waals surface area contributed by atoms with E-state index in [1.807, 2.05) is 7.05 Å². The molecule has 0 bridgehead atoms. The topological polar surface area (TPSA) is 24.9 Å². The maximum Gasteiger partial charge on any atom is 0.0897 e. The van der Waals surface area contributed by atoms with Gasteiger partial charge in [-0.05, 0) is 36.7 Å². The highest BCUT2D eigenvalue weighted by atomic mass is 32.1. The van der Waals surface area contributed by atoms with E-state index in [1.165, 1.54) is 22.0 Å². The Bertz CT molecular complexity index is 727. The van der Waals surface area contributed by atoms with Crippen LogP contribution in [-0.2, 0) is 12.8 Å². The Balaban J connectivity index is 1.82. The van der Waals surface area contributed by atoms with Crippen LogP contribution in [0, 0.1) is 6.92 Å². The van der Waals surface area contributed by atoms with Crippen molar-refractivity contribution in [2.75, 3.05) is 7.05 Å². The summed E-state index contributed by atoms with van der Waals surface area (Å²) < 4.78 is 0. The van der Waals surface area contributed by atoms with Gasteiger partial charge in [0.15, 0.2) is 0 Å². The summed E-state index contributed by atoms with van der Waals surface area (Å²) in [5.41, 5.74) is 2.59. The molecular weight excluding hydrogens is 276 g/mol. The van der Waals surface area contributed by atoms with E-state index in [1.54, 1.807) is 11.3 Å². The van der Waals surface area contributed by atoms with E-state index in [2.05, 4.69) is 65.1 Å². The van der Waals surface area contributed by atoms with Crippen molar-refractivity contribution in [2.24, 2.45) is 0 Å². The summed E-state index contributed by atoms with van der Waals surface area (Å²) in [6, 6.07) is 15.6. The summed E-state index contributed by atoms with van der Waals surface area (Å²) in [4.78, 5) is 4.58. The minimum Gasteiger partial charge on any atom is -0.316 e. The molecule has 1 aromatic heterocycles. The summed E-state index contributed by atoms with van der Waals surface area (Å²) >= 11 is 1.73. The number of fused-ring (bicyclic) bond motifs is 1. The zero-order valence-electron chi connectivity index (χ0n) is 12.5. The Labute approximate surface area is 129 Å². The van der Waals surface area contributed by atoms with E-state index in [0.717, 1.165) is 17.8 Å². The van der Waals surface area contributed by atoms with Crippen LogP contribution in [0.25, 0.3) is 10.8 Å². The number of aromatic nitrogens is 1. The SMILES string of the molecule is CNC(Cc1csc(C)n1)Cc1cccc2ccccc12. The third-order valence-corrected chi connectivity index (χ3v) is 4.70. The zero-order chi connectivity index (χ0) is 14.7. The number of aryl methyl sites for hydroxylation is 1. The van der Waals surface area contributed by atoms with Gasteiger partial charge in [-0.3, -0.25) is 0 Å². The molecule has 1 heterocycles. The van der Waals surface area contributed by atoms with Crippen LogP contribution in [0.1, 0.15) is 16.3 Å². The molecule has 1 N–H and O–H groups in total. The molecule has 1 atom stereocenters. The van der Waals surface area contributed by atoms with Gasteiger partial charge >= 0.3 is 0 Å². The maximum absolute atomic E-state index is 4.58. The van der Waals surface area contributed by atoms with Crippen LogP contribution in [0.4, 0.5) is 0 Å². The molecule has 0 aliphatic carbocycles. The fourth-order valence-corrected chi connectivity index (χ4v) is 3.39. The second-order valence-corrected chi connectivity index (χ2v) is 6.45. The smallest absolute Gasteiger partial charge is 0.0897 e. The van der Waals surface area contributed by atoms with Crippen molar-refractivity contribution in [3.8, 4) is 0 Å². The van der Waals surface area contributed by atoms with Gasteiger partial charge in [0.2, 0.25) is 0 Å². The number of rotatable bonds is 5. The first-order chi connectivity index (χ1) is 10.3. The predicted octanol–water partition coefficient (Wildman–Crippen LogP) is 3.98. The fraction of sp³-hybridized carbons (Fsp3) is 0.278. The maximum atomic E-state index is 4.58. The number of hydrogen-bond acceptors (Lipinski definition) is 3. The Hall–Kier alpha value is -1.71. The molecule has 0 saturated heterocycles. The van der Waals surface area contributed by atoms with Crippen LogP contribution >= 0.6 is 11.3 Å². The predicted molar refractivity (Wildman–Crippen MR) is 91.1 cm³/mol. The molecule has 0 aliphatic rings. The second kappa shape index (κ2) is 6.37. The first kappa shape index (κ1) is 14.2. The van der Waals surface area contributed by atoms with E-state index < -0.39 is 0 Å². The lowest BCUT2D eigenvalue weighted by Crippen LogP contribution is -2.30. The van der Waals surface area contributed by atoms with E-state index >= 15 is 0 Å². The molecule has 3 heteroatoms. The highest BCUT2D eigenvalue weighted by Crippen LogP contribution is 2.21. The molecule has 2 nitrogen and oxygen atoms in total. The summed E-state index contributed by atoms with van der Waals surface area (Å²) in [6.45, 7) is 2.06. The van der Waals surface area contributed by atoms with Crippen molar-refractivity contribution in [3.05, 3.63) is 64.1 Å². The van der Waals surface area contributed by atoms with E-state index in [-0.39, 0.29) is 0 Å². The average Bonchev–Trinajstić information content (AvgIpc) is 2.92. The molecule has 21 heavy (non-hydrogen) atoms. The molecule has 0 aliphatic heterocycles. The van der Waals surface area contributed by atoms with Crippen molar-refractivity contribution in [1.29, 1.82) is 0 Å². The molecule has 108 valence electrons. The quantitative estimate of drug-likeness (QED) is 0.770. The molecule has 3 rings (SSSR count). The molecule has 0 amide bonds. The first-order valence-corrected chi connectivity index (χ1v) is 8.19. The fourth-order valence-electron chi connectivity index (χ4n) is 2.77. The van der Waals surface area contributed by atoms with Crippen LogP contribution in [0.15, 0.2) is 47.8 Å². The second-order valence-electron chi connectivity index (χ2n) is 5.39. The van der Waals surface area contributed by atoms with Gasteiger partial charge in [0.25, 0.3) is 0 Å². The molecule has 0 fully saturated rings. The van der Waals surface area contributed by atoms with Gasteiger partial charge in [-0.1, -0.05) is 42.5 Å². The third kappa shape index (κ3) is 3.31. The number of nitrogens with one attached hydrogen (secondary N) is 1. The van der Waals surface area contributed by atoms with Gasteiger partial charge in [-0.15, -0.1) is 11.3 Å². The zero-order valence-corrected chi connectivity index (χ0v) is 13.3. The minimum atomic E-state index is 0.414. The van der Waals surface area contributed by atoms with Gasteiger partial charge in [0.1, 0.15) is 0 Å². The van der Waals surface area contributed by atoms with E-state index in [4.69, 9.17) is 0 Å². The van der Waals surface area contributed by atoms with Crippen molar-refractivity contribution in [1.82, 2.24) is 10.3 Å². The summed E-state index contributed by atoms with van der Waals surface area (Å²) in [5.74, 6) is 0. The van der Waals surface area contributed by atoms with Crippen molar-refractivity contribution >= 4 is 22.1 Å². The normalized spacial score (nSPS) is 12.7. The molecule has 1 unspecified atom stereocenters. The van der Waals surface area contributed by atoms with Crippen molar-refractivity contribution in [3.63, 3.8) is 0 Å². The molecule has 3 aromatic rings. The monoisotopic (exact) mass is 296 g/mol. The van der Waals surface area contributed by atoms with Gasteiger partial charge in [0, 0.05) is 17.8 Å². The van der Waals surface area contributed by atoms with Gasteiger partial charge in [0.05, 0.1) is 10.7 Å². The average molecular weight is 296 g/mol. The van der Waals surface area contributed by atoms with Crippen LogP contribution in [-0.4, -0.2) is 18.1 Å². The van der Waals surface area contributed by atoms with Crippen LogP contribution < -0.4 is 5.32 Å². The van der Waals surface area contributed by atoms with Crippen molar-refractivity contribution in [2.45, 2.75) is 25.8 Å². The third-order valence-electron chi connectivity index (χ3n) is 3.88. The summed E-state index contributed by atoms with van der Waals surface area (Å²) in [5, 5.41) is 9.42. The van der Waals surface area contributed by atoms with E-state index in [0.29, 0.717) is 6.04 Å². The number of thiazole rings is 1. The molecule has 0 spiro atoms. The Morgan fingerprint density at radius 2 is 1.90 bits per heavy atom. The lowest BCUT2D eigenvalue weighted by molar-refractivity contribution is 0.553. The molecular formula is C18H20N2S. The van der Waals surface area contributed by atoms with Crippen molar-refractivity contribution < 1.29 is 0 Å². The largest absolute Gasteiger partial charge is 0.316 e. The Morgan fingerprint density at radius 3 is 2.67 bits per heavy atom. The first-order valence-electron chi connectivity index (χ1n) is 7.31. The van der Waals surface area contributed by atoms with Crippen LogP contribution in [0.5, 0.6) is 0 Å². The Morgan fingerprint density at radius 1 is 1.10 bits per heavy atom. The highest BCUT2D eigenvalue weighted by molar-refractivity contribution is 7.09. The van der Waals surface area contributed by atoms with E-state index in [9.17, 15) is 0 Å². The number of nitrogens with zero attached hydrogens (tertiary/aromatic N) is 1. The van der Waals surface area contributed by atoms with Gasteiger partial charge in [-0.2, -0.15) is 0 Å². The Kier molecular flexibility index (Phi) is 4.32. The molecule has 2 aromatic carbocycles. The minimum absolute atomic E-state index is 0.414. The lowest BCUT2D eigenvalue weighted by Gasteiger charge is -2.16. The molecule has 0 saturated carbocycles. The number of likely N-dealkylation sites (N-methyl/N-ethyl adjacent to an activating group) is 1. The van der Waals surface area contributed by atoms with Gasteiger partial charge in [-0.25, -0.2) is 4.98 Å². The van der Waals surface area contributed by atoms with Crippen LogP contribution in [0.2, 0.25) is 0 Å². The van der Waals surface area contributed by atoms with Gasteiger partial charge < -0.3 is 5.32 Å². The van der Waals surface area contributed by atoms with Crippen LogP contribution in [0.3, 0.4) is 0 Å². The summed E-state index contributed by atoms with van der Waals surface area (Å²) in [7, 11) is 2.04.